The molecular formula is C24H25N3O4. The monoisotopic (exact) mass is 419 g/mol. The van der Waals surface area contributed by atoms with E-state index in [0.717, 1.165) is 11.1 Å². The first-order valence-electron chi connectivity index (χ1n) is 10.5. The van der Waals surface area contributed by atoms with Crippen LogP contribution in [0.15, 0.2) is 41.2 Å². The number of benzene rings is 2. The predicted octanol–water partition coefficient (Wildman–Crippen LogP) is 3.10. The number of rotatable bonds is 3. The topological polar surface area (TPSA) is 73.7 Å². The number of ether oxygens (including phenoxy) is 2. The van der Waals surface area contributed by atoms with Gasteiger partial charge in [0.15, 0.2) is 11.5 Å². The molecule has 2 atom stereocenters. The van der Waals surface area contributed by atoms with Gasteiger partial charge in [-0.25, -0.2) is 4.98 Å². The summed E-state index contributed by atoms with van der Waals surface area (Å²) in [5, 5.41) is 0.529. The number of hydrogen-bond donors (Lipinski definition) is 0. The average Bonchev–Trinajstić information content (AvgIpc) is 2.78. The highest BCUT2D eigenvalue weighted by molar-refractivity contribution is 5.85. The van der Waals surface area contributed by atoms with E-state index >= 15 is 0 Å². The number of aromatic nitrogens is 2. The fourth-order valence-corrected chi connectivity index (χ4v) is 4.95. The van der Waals surface area contributed by atoms with Gasteiger partial charge in [0, 0.05) is 6.54 Å². The molecule has 5 rings (SSSR count). The van der Waals surface area contributed by atoms with E-state index < -0.39 is 12.1 Å². The van der Waals surface area contributed by atoms with Crippen LogP contribution < -0.4 is 15.0 Å². The molecule has 2 aromatic carbocycles. The smallest absolute Gasteiger partial charge is 0.262 e. The Balaban J connectivity index is 1.84. The SMILES string of the molecule is COc1cc2c(cc1OC)[C@H]1c3nc4ccccc4c(=O)n3[C@@H](C(C)C)C(=O)N1CC2. The summed E-state index contributed by atoms with van der Waals surface area (Å²) in [6.45, 7) is 4.51. The fourth-order valence-electron chi connectivity index (χ4n) is 4.95. The molecule has 0 radical (unpaired) electrons. The highest BCUT2D eigenvalue weighted by atomic mass is 16.5. The third-order valence-corrected chi connectivity index (χ3v) is 6.40. The second-order valence-electron chi connectivity index (χ2n) is 8.44. The molecule has 160 valence electrons. The molecule has 2 aliphatic heterocycles. The summed E-state index contributed by atoms with van der Waals surface area (Å²) in [6, 6.07) is 10.2. The van der Waals surface area contributed by atoms with Crippen LogP contribution >= 0.6 is 0 Å². The molecule has 0 unspecified atom stereocenters. The molecule has 0 saturated carbocycles. The first kappa shape index (κ1) is 19.6. The van der Waals surface area contributed by atoms with Gasteiger partial charge in [-0.15, -0.1) is 0 Å². The minimum Gasteiger partial charge on any atom is -0.493 e. The third kappa shape index (κ3) is 2.76. The lowest BCUT2D eigenvalue weighted by atomic mass is 9.87. The predicted molar refractivity (Wildman–Crippen MR) is 117 cm³/mol. The molecule has 1 amide bonds. The summed E-state index contributed by atoms with van der Waals surface area (Å²) >= 11 is 0. The number of methoxy groups -OCH3 is 2. The summed E-state index contributed by atoms with van der Waals surface area (Å²) in [5.74, 6) is 1.78. The van der Waals surface area contributed by atoms with Crippen LogP contribution in [0.25, 0.3) is 10.9 Å². The quantitative estimate of drug-likeness (QED) is 0.652. The van der Waals surface area contributed by atoms with E-state index in [-0.39, 0.29) is 17.4 Å². The molecule has 0 spiro atoms. The highest BCUT2D eigenvalue weighted by Gasteiger charge is 2.45. The second-order valence-corrected chi connectivity index (χ2v) is 8.44. The molecule has 0 bridgehead atoms. The van der Waals surface area contributed by atoms with Crippen molar-refractivity contribution in [2.24, 2.45) is 5.92 Å². The molecule has 7 heteroatoms. The minimum absolute atomic E-state index is 0.0351. The van der Waals surface area contributed by atoms with E-state index in [9.17, 15) is 9.59 Å². The molecule has 0 saturated heterocycles. The van der Waals surface area contributed by atoms with E-state index in [2.05, 4.69) is 0 Å². The number of fused-ring (bicyclic) bond motifs is 6. The van der Waals surface area contributed by atoms with E-state index in [1.807, 2.05) is 49.1 Å². The van der Waals surface area contributed by atoms with Gasteiger partial charge in [0.1, 0.15) is 17.9 Å². The van der Waals surface area contributed by atoms with Crippen molar-refractivity contribution in [2.45, 2.75) is 32.4 Å². The van der Waals surface area contributed by atoms with Crippen LogP contribution in [0, 0.1) is 5.92 Å². The summed E-state index contributed by atoms with van der Waals surface area (Å²) in [6.07, 6.45) is 0.709. The molecule has 0 aliphatic carbocycles. The van der Waals surface area contributed by atoms with Gasteiger partial charge in [-0.2, -0.15) is 0 Å². The lowest BCUT2D eigenvalue weighted by Gasteiger charge is -2.45. The van der Waals surface area contributed by atoms with E-state index in [1.165, 1.54) is 0 Å². The van der Waals surface area contributed by atoms with Crippen LogP contribution in [0.3, 0.4) is 0 Å². The number of para-hydroxylation sites is 1. The Morgan fingerprint density at radius 1 is 1.06 bits per heavy atom. The molecule has 2 aliphatic rings. The lowest BCUT2D eigenvalue weighted by Crippen LogP contribution is -2.53. The van der Waals surface area contributed by atoms with Gasteiger partial charge >= 0.3 is 0 Å². The van der Waals surface area contributed by atoms with Crippen LogP contribution in [-0.2, 0) is 11.2 Å². The lowest BCUT2D eigenvalue weighted by molar-refractivity contribution is -0.141. The first-order valence-corrected chi connectivity index (χ1v) is 10.5. The number of nitrogens with zero attached hydrogens (tertiary/aromatic N) is 3. The third-order valence-electron chi connectivity index (χ3n) is 6.40. The number of hydrogen-bond acceptors (Lipinski definition) is 5. The Hall–Kier alpha value is -3.35. The highest BCUT2D eigenvalue weighted by Crippen LogP contribution is 2.44. The van der Waals surface area contributed by atoms with E-state index in [0.29, 0.717) is 41.2 Å². The zero-order valence-electron chi connectivity index (χ0n) is 18.1. The van der Waals surface area contributed by atoms with Gasteiger partial charge in [-0.05, 0) is 47.7 Å². The summed E-state index contributed by atoms with van der Waals surface area (Å²) in [7, 11) is 3.20. The van der Waals surface area contributed by atoms with Crippen LogP contribution in [0.2, 0.25) is 0 Å². The number of amides is 1. The van der Waals surface area contributed by atoms with Crippen LogP contribution in [-0.4, -0.2) is 41.1 Å². The fraction of sp³-hybridized carbons (Fsp3) is 0.375. The van der Waals surface area contributed by atoms with Crippen LogP contribution in [0.4, 0.5) is 0 Å². The van der Waals surface area contributed by atoms with Crippen molar-refractivity contribution >= 4 is 16.8 Å². The molecule has 1 aromatic heterocycles. The molecule has 7 nitrogen and oxygen atoms in total. The maximum Gasteiger partial charge on any atom is 0.262 e. The Bertz CT molecular complexity index is 1260. The van der Waals surface area contributed by atoms with E-state index in [4.69, 9.17) is 14.5 Å². The zero-order chi connectivity index (χ0) is 21.9. The van der Waals surface area contributed by atoms with Gasteiger partial charge in [-0.3, -0.25) is 14.2 Å². The zero-order valence-corrected chi connectivity index (χ0v) is 18.1. The van der Waals surface area contributed by atoms with Crippen molar-refractivity contribution in [3.8, 4) is 11.5 Å². The van der Waals surface area contributed by atoms with Crippen LogP contribution in [0.5, 0.6) is 11.5 Å². The van der Waals surface area contributed by atoms with Crippen molar-refractivity contribution in [1.29, 1.82) is 0 Å². The maximum atomic E-state index is 13.6. The van der Waals surface area contributed by atoms with Gasteiger partial charge in [0.25, 0.3) is 5.56 Å². The van der Waals surface area contributed by atoms with Gasteiger partial charge in [0.2, 0.25) is 5.91 Å². The van der Waals surface area contributed by atoms with Gasteiger partial charge < -0.3 is 14.4 Å². The molecule has 0 N–H and O–H groups in total. The first-order chi connectivity index (χ1) is 15.0. The van der Waals surface area contributed by atoms with Gasteiger partial charge in [0.05, 0.1) is 25.1 Å². The summed E-state index contributed by atoms with van der Waals surface area (Å²) in [5.41, 5.74) is 2.47. The normalized spacial score (nSPS) is 19.8. The minimum atomic E-state index is -0.572. The largest absolute Gasteiger partial charge is 0.493 e. The van der Waals surface area contributed by atoms with Crippen molar-refractivity contribution in [3.63, 3.8) is 0 Å². The number of carbonyl (C=O) groups is 1. The maximum absolute atomic E-state index is 13.6. The van der Waals surface area contributed by atoms with Crippen molar-refractivity contribution in [3.05, 3.63) is 63.7 Å². The molecular weight excluding hydrogens is 394 g/mol. The van der Waals surface area contributed by atoms with Gasteiger partial charge in [-0.1, -0.05) is 26.0 Å². The average molecular weight is 419 g/mol. The van der Waals surface area contributed by atoms with Crippen molar-refractivity contribution < 1.29 is 14.3 Å². The molecule has 3 heterocycles. The molecule has 31 heavy (non-hydrogen) atoms. The van der Waals surface area contributed by atoms with Crippen LogP contribution in [0.1, 0.15) is 42.9 Å². The van der Waals surface area contributed by atoms with E-state index in [1.54, 1.807) is 24.9 Å². The Morgan fingerprint density at radius 3 is 2.48 bits per heavy atom. The van der Waals surface area contributed by atoms with Crippen molar-refractivity contribution in [2.75, 3.05) is 20.8 Å². The number of carbonyl (C=O) groups excluding carboxylic acids is 1. The second kappa shape index (κ2) is 7.11. The molecule has 0 fully saturated rings. The Kier molecular flexibility index (Phi) is 4.50. The Morgan fingerprint density at radius 2 is 1.77 bits per heavy atom. The standard InChI is InChI=1S/C24H25N3O4/c1-13(2)20-24(29)26-10-9-14-11-18(30-3)19(31-4)12-16(14)21(26)22-25-17-8-6-5-7-15(17)23(28)27(20)22/h5-8,11-13,20-21H,9-10H2,1-4H3/t20-,21-/m0/s1. The Labute approximate surface area is 180 Å². The summed E-state index contributed by atoms with van der Waals surface area (Å²) in [4.78, 5) is 34.0. The van der Waals surface area contributed by atoms with Crippen molar-refractivity contribution in [1.82, 2.24) is 14.5 Å². The molecule has 3 aromatic rings. The summed E-state index contributed by atoms with van der Waals surface area (Å²) < 4.78 is 12.6.